The predicted octanol–water partition coefficient (Wildman–Crippen LogP) is 4.21. The van der Waals surface area contributed by atoms with Crippen LogP contribution in [-0.4, -0.2) is 33.7 Å². The fourth-order valence-electron chi connectivity index (χ4n) is 3.10. The molecule has 1 N–H and O–H groups in total. The Morgan fingerprint density at radius 3 is 2.50 bits per heavy atom. The summed E-state index contributed by atoms with van der Waals surface area (Å²) in [6.07, 6.45) is 3.11. The minimum atomic E-state index is -3.97. The molecule has 0 fully saturated rings. The van der Waals surface area contributed by atoms with E-state index < -0.39 is 22.5 Å². The average molecular weight is 478 g/mol. The van der Waals surface area contributed by atoms with Crippen molar-refractivity contribution in [2.24, 2.45) is 5.10 Å². The van der Waals surface area contributed by atoms with Crippen LogP contribution in [0.15, 0.2) is 95.4 Å². The third kappa shape index (κ3) is 6.32. The summed E-state index contributed by atoms with van der Waals surface area (Å²) < 4.78 is 33.3. The Morgan fingerprint density at radius 2 is 1.79 bits per heavy atom. The first-order valence-electron chi connectivity index (χ1n) is 10.6. The zero-order valence-electron chi connectivity index (χ0n) is 19.1. The second kappa shape index (κ2) is 11.3. The number of carbonyl (C=O) groups is 1. The molecule has 8 heteroatoms. The maximum absolute atomic E-state index is 13.4. The molecule has 3 aromatic carbocycles. The van der Waals surface area contributed by atoms with E-state index >= 15 is 0 Å². The zero-order chi connectivity index (χ0) is 24.6. The number of hydrazone groups is 1. The minimum Gasteiger partial charge on any atom is -0.490 e. The lowest BCUT2D eigenvalue weighted by atomic mass is 10.1. The molecule has 0 aliphatic carbocycles. The van der Waals surface area contributed by atoms with Crippen molar-refractivity contribution in [2.45, 2.75) is 18.7 Å². The van der Waals surface area contributed by atoms with E-state index in [1.165, 1.54) is 18.3 Å². The van der Waals surface area contributed by atoms with Crippen molar-refractivity contribution in [3.63, 3.8) is 0 Å². The molecule has 176 valence electrons. The number of benzene rings is 3. The Kier molecular flexibility index (Phi) is 8.21. The molecule has 34 heavy (non-hydrogen) atoms. The van der Waals surface area contributed by atoms with Crippen molar-refractivity contribution in [2.75, 3.05) is 17.5 Å². The number of hydrogen-bond acceptors (Lipinski definition) is 5. The molecule has 3 rings (SSSR count). The second-order valence-electron chi connectivity index (χ2n) is 7.56. The molecule has 0 saturated heterocycles. The van der Waals surface area contributed by atoms with Gasteiger partial charge in [0.05, 0.1) is 16.8 Å². The van der Waals surface area contributed by atoms with Gasteiger partial charge in [0.2, 0.25) is 0 Å². The van der Waals surface area contributed by atoms with Crippen LogP contribution in [0, 0.1) is 13.8 Å². The average Bonchev–Trinajstić information content (AvgIpc) is 2.84. The number of nitrogens with one attached hydrogen (secondary N) is 1. The monoisotopic (exact) mass is 477 g/mol. The predicted molar refractivity (Wildman–Crippen MR) is 135 cm³/mol. The summed E-state index contributed by atoms with van der Waals surface area (Å²) in [5, 5.41) is 3.97. The summed E-state index contributed by atoms with van der Waals surface area (Å²) >= 11 is 0. The van der Waals surface area contributed by atoms with Gasteiger partial charge in [-0.05, 0) is 66.9 Å². The van der Waals surface area contributed by atoms with Crippen molar-refractivity contribution >= 4 is 27.8 Å². The first kappa shape index (κ1) is 24.7. The molecule has 0 aromatic heterocycles. The summed E-state index contributed by atoms with van der Waals surface area (Å²) in [5.41, 5.74) is 5.47. The van der Waals surface area contributed by atoms with E-state index in [4.69, 9.17) is 4.74 Å². The largest absolute Gasteiger partial charge is 0.490 e. The lowest BCUT2D eigenvalue weighted by molar-refractivity contribution is -0.119. The Balaban J connectivity index is 1.80. The molecule has 0 saturated carbocycles. The van der Waals surface area contributed by atoms with Crippen molar-refractivity contribution in [1.29, 1.82) is 0 Å². The van der Waals surface area contributed by atoms with Gasteiger partial charge in [-0.2, -0.15) is 5.10 Å². The molecule has 0 heterocycles. The van der Waals surface area contributed by atoms with Gasteiger partial charge < -0.3 is 4.74 Å². The molecule has 3 aromatic rings. The van der Waals surface area contributed by atoms with Crippen LogP contribution in [0.25, 0.3) is 0 Å². The highest BCUT2D eigenvalue weighted by Gasteiger charge is 2.27. The number of ether oxygens (including phenoxy) is 1. The van der Waals surface area contributed by atoms with Gasteiger partial charge in [-0.25, -0.2) is 13.8 Å². The first-order valence-corrected chi connectivity index (χ1v) is 12.1. The number of sulfonamides is 1. The zero-order valence-corrected chi connectivity index (χ0v) is 20.0. The number of hydrogen-bond donors (Lipinski definition) is 1. The van der Waals surface area contributed by atoms with E-state index in [0.29, 0.717) is 23.6 Å². The SMILES string of the molecule is C=CCOc1cccc(/C=N\NC(=O)CN(c2ccc(C)c(C)c2)S(=O)(=O)c2ccccc2)c1. The lowest BCUT2D eigenvalue weighted by Crippen LogP contribution is -2.39. The van der Waals surface area contributed by atoms with E-state index in [9.17, 15) is 13.2 Å². The van der Waals surface area contributed by atoms with Gasteiger partial charge in [-0.1, -0.05) is 49.1 Å². The fraction of sp³-hybridized carbons (Fsp3) is 0.154. The van der Waals surface area contributed by atoms with Crippen LogP contribution in [0.2, 0.25) is 0 Å². The van der Waals surface area contributed by atoms with Gasteiger partial charge in [0.15, 0.2) is 0 Å². The van der Waals surface area contributed by atoms with Crippen LogP contribution in [0.3, 0.4) is 0 Å². The molecule has 0 unspecified atom stereocenters. The molecule has 0 aliphatic rings. The highest BCUT2D eigenvalue weighted by Crippen LogP contribution is 2.25. The highest BCUT2D eigenvalue weighted by molar-refractivity contribution is 7.92. The number of rotatable bonds is 10. The van der Waals surface area contributed by atoms with Crippen LogP contribution >= 0.6 is 0 Å². The van der Waals surface area contributed by atoms with Crippen molar-refractivity contribution in [3.8, 4) is 5.75 Å². The Hall–Kier alpha value is -3.91. The standard InChI is InChI=1S/C26H27N3O4S/c1-4-15-33-24-10-8-9-22(17-24)18-27-28-26(30)19-29(23-14-13-20(2)21(3)16-23)34(31,32)25-11-6-5-7-12-25/h4-14,16-18H,1,15,19H2,2-3H3,(H,28,30)/b27-18-. The maximum Gasteiger partial charge on any atom is 0.264 e. The van der Waals surface area contributed by atoms with Crippen molar-refractivity contribution in [3.05, 3.63) is 102 Å². The van der Waals surface area contributed by atoms with E-state index in [-0.39, 0.29) is 4.90 Å². The topological polar surface area (TPSA) is 88.1 Å². The van der Waals surface area contributed by atoms with E-state index in [0.717, 1.165) is 15.4 Å². The van der Waals surface area contributed by atoms with Crippen LogP contribution in [0.1, 0.15) is 16.7 Å². The molecule has 0 aliphatic heterocycles. The summed E-state index contributed by atoms with van der Waals surface area (Å²) in [7, 11) is -3.97. The molecule has 0 radical (unpaired) electrons. The number of aryl methyl sites for hydroxylation is 2. The second-order valence-corrected chi connectivity index (χ2v) is 9.42. The van der Waals surface area contributed by atoms with Gasteiger partial charge in [-0.3, -0.25) is 9.10 Å². The summed E-state index contributed by atoms with van der Waals surface area (Å²) in [4.78, 5) is 12.8. The number of carbonyl (C=O) groups excluding carboxylic acids is 1. The van der Waals surface area contributed by atoms with Gasteiger partial charge >= 0.3 is 0 Å². The minimum absolute atomic E-state index is 0.0980. The number of anilines is 1. The fourth-order valence-corrected chi connectivity index (χ4v) is 4.53. The Labute approximate surface area is 200 Å². The van der Waals surface area contributed by atoms with E-state index in [2.05, 4.69) is 17.1 Å². The normalized spacial score (nSPS) is 11.2. The van der Waals surface area contributed by atoms with Gasteiger partial charge in [0.1, 0.15) is 18.9 Å². The molecule has 0 bridgehead atoms. The molecule has 1 amide bonds. The third-order valence-corrected chi connectivity index (χ3v) is 6.81. The van der Waals surface area contributed by atoms with Crippen LogP contribution in [-0.2, 0) is 14.8 Å². The van der Waals surface area contributed by atoms with Gasteiger partial charge in [0, 0.05) is 0 Å². The van der Waals surface area contributed by atoms with Crippen LogP contribution in [0.5, 0.6) is 5.75 Å². The van der Waals surface area contributed by atoms with E-state index in [1.54, 1.807) is 60.7 Å². The molecule has 0 atom stereocenters. The Bertz CT molecular complexity index is 1290. The Morgan fingerprint density at radius 1 is 1.03 bits per heavy atom. The lowest BCUT2D eigenvalue weighted by Gasteiger charge is -2.24. The summed E-state index contributed by atoms with van der Waals surface area (Å²) in [6, 6.07) is 20.5. The third-order valence-electron chi connectivity index (χ3n) is 5.03. The van der Waals surface area contributed by atoms with Gasteiger partial charge in [0.25, 0.3) is 15.9 Å². The number of amides is 1. The van der Waals surface area contributed by atoms with Crippen LogP contribution < -0.4 is 14.5 Å². The molecule has 7 nitrogen and oxygen atoms in total. The highest BCUT2D eigenvalue weighted by atomic mass is 32.2. The molecular weight excluding hydrogens is 450 g/mol. The molecule has 0 spiro atoms. The molecular formula is C26H27N3O4S. The first-order chi connectivity index (χ1) is 16.3. The van der Waals surface area contributed by atoms with E-state index in [1.807, 2.05) is 19.9 Å². The smallest absolute Gasteiger partial charge is 0.264 e. The van der Waals surface area contributed by atoms with Crippen molar-refractivity contribution < 1.29 is 17.9 Å². The summed E-state index contributed by atoms with van der Waals surface area (Å²) in [6.45, 7) is 7.39. The quantitative estimate of drug-likeness (QED) is 0.269. The maximum atomic E-state index is 13.4. The summed E-state index contributed by atoms with van der Waals surface area (Å²) in [5.74, 6) is 0.0677. The number of nitrogens with zero attached hydrogens (tertiary/aromatic N) is 2. The van der Waals surface area contributed by atoms with Crippen molar-refractivity contribution in [1.82, 2.24) is 5.43 Å². The van der Waals surface area contributed by atoms with Gasteiger partial charge in [-0.15, -0.1) is 0 Å². The van der Waals surface area contributed by atoms with Crippen LogP contribution in [0.4, 0.5) is 5.69 Å².